The van der Waals surface area contributed by atoms with Crippen molar-refractivity contribution in [3.05, 3.63) is 63.6 Å². The highest BCUT2D eigenvalue weighted by Crippen LogP contribution is 2.32. The van der Waals surface area contributed by atoms with Crippen LogP contribution in [0, 0.1) is 11.3 Å². The average Bonchev–Trinajstić information content (AvgIpc) is 2.67. The van der Waals surface area contributed by atoms with Crippen molar-refractivity contribution in [3.8, 4) is 6.07 Å². The summed E-state index contributed by atoms with van der Waals surface area (Å²) in [7, 11) is 0. The molecule has 1 fully saturated rings. The molecule has 1 saturated heterocycles. The Hall–Kier alpha value is -1.73. The van der Waals surface area contributed by atoms with E-state index in [2.05, 4.69) is 34.9 Å². The fourth-order valence-electron chi connectivity index (χ4n) is 3.63. The van der Waals surface area contributed by atoms with E-state index in [0.717, 1.165) is 44.7 Å². The minimum Gasteiger partial charge on any atom is -0.368 e. The zero-order valence-electron chi connectivity index (χ0n) is 15.0. The van der Waals surface area contributed by atoms with Crippen molar-refractivity contribution in [1.82, 2.24) is 4.90 Å². The molecule has 1 heterocycles. The molecule has 0 aromatic heterocycles. The van der Waals surface area contributed by atoms with Crippen LogP contribution in [0.1, 0.15) is 36.9 Å². The largest absolute Gasteiger partial charge is 0.368 e. The van der Waals surface area contributed by atoms with Gasteiger partial charge in [-0.2, -0.15) is 5.26 Å². The molecule has 1 aliphatic rings. The monoisotopic (exact) mass is 387 g/mol. The highest BCUT2D eigenvalue weighted by molar-refractivity contribution is 6.36. The molecule has 1 atom stereocenters. The predicted molar refractivity (Wildman–Crippen MR) is 109 cm³/mol. The van der Waals surface area contributed by atoms with Gasteiger partial charge in [-0.15, -0.1) is 0 Å². The normalized spacial score (nSPS) is 16.3. The molecule has 26 heavy (non-hydrogen) atoms. The van der Waals surface area contributed by atoms with E-state index in [4.69, 9.17) is 28.5 Å². The number of benzene rings is 2. The number of hydrogen-bond donors (Lipinski definition) is 0. The molecule has 1 unspecified atom stereocenters. The number of nitriles is 1. The van der Waals surface area contributed by atoms with Crippen LogP contribution < -0.4 is 4.90 Å². The third-order valence-corrected chi connectivity index (χ3v) is 5.53. The maximum absolute atomic E-state index is 9.01. The van der Waals surface area contributed by atoms with Crippen LogP contribution in [0.3, 0.4) is 0 Å². The summed E-state index contributed by atoms with van der Waals surface area (Å²) in [6.45, 7) is 6.09. The molecule has 1 aliphatic heterocycles. The molecule has 2 aromatic rings. The minimum atomic E-state index is 0.399. The molecule has 3 nitrogen and oxygen atoms in total. The van der Waals surface area contributed by atoms with Crippen molar-refractivity contribution in [2.45, 2.75) is 25.8 Å². The summed E-state index contributed by atoms with van der Waals surface area (Å²) in [6, 6.07) is 16.3. The molecule has 0 radical (unpaired) electrons. The highest BCUT2D eigenvalue weighted by atomic mass is 35.5. The molecular formula is C21H23Cl2N3. The summed E-state index contributed by atoms with van der Waals surface area (Å²) >= 11 is 12.4. The van der Waals surface area contributed by atoms with E-state index in [1.54, 1.807) is 6.07 Å². The van der Waals surface area contributed by atoms with Crippen LogP contribution in [0.4, 0.5) is 5.69 Å². The van der Waals surface area contributed by atoms with E-state index in [-0.39, 0.29) is 0 Å². The first-order valence-electron chi connectivity index (χ1n) is 9.06. The smallest absolute Gasteiger partial charge is 0.0991 e. The number of hydrogen-bond acceptors (Lipinski definition) is 3. The third-order valence-electron chi connectivity index (χ3n) is 4.99. The van der Waals surface area contributed by atoms with Gasteiger partial charge in [-0.3, -0.25) is 4.90 Å². The molecule has 3 rings (SSSR count). The fourth-order valence-corrected chi connectivity index (χ4v) is 4.15. The van der Waals surface area contributed by atoms with E-state index in [1.807, 2.05) is 24.3 Å². The van der Waals surface area contributed by atoms with Gasteiger partial charge in [0, 0.05) is 37.2 Å². The van der Waals surface area contributed by atoms with Crippen LogP contribution >= 0.6 is 23.2 Å². The van der Waals surface area contributed by atoms with E-state index in [9.17, 15) is 0 Å². The van der Waals surface area contributed by atoms with Gasteiger partial charge in [-0.05, 0) is 42.3 Å². The second-order valence-electron chi connectivity index (χ2n) is 6.66. The molecule has 0 amide bonds. The summed E-state index contributed by atoms with van der Waals surface area (Å²) in [5.41, 5.74) is 3.07. The standard InChI is InChI=1S/C21H23Cl2N3/c1-2-3-20(17-6-4-16(15-24)5-7-17)25-10-12-26(13-11-25)21-9-8-18(22)14-19(21)23/h4-9,14,20H,2-3,10-13H2,1H3. The third kappa shape index (κ3) is 4.32. The Balaban J connectivity index is 1.70. The first-order valence-corrected chi connectivity index (χ1v) is 9.82. The van der Waals surface area contributed by atoms with Crippen molar-refractivity contribution in [1.29, 1.82) is 5.26 Å². The van der Waals surface area contributed by atoms with Crippen molar-refractivity contribution >= 4 is 28.9 Å². The molecule has 0 bridgehead atoms. The van der Waals surface area contributed by atoms with Gasteiger partial charge in [0.2, 0.25) is 0 Å². The number of rotatable bonds is 5. The van der Waals surface area contributed by atoms with Crippen molar-refractivity contribution < 1.29 is 0 Å². The van der Waals surface area contributed by atoms with Crippen LogP contribution in [0.5, 0.6) is 0 Å². The van der Waals surface area contributed by atoms with E-state index in [1.165, 1.54) is 5.56 Å². The number of anilines is 1. The van der Waals surface area contributed by atoms with Crippen LogP contribution in [0.15, 0.2) is 42.5 Å². The zero-order chi connectivity index (χ0) is 18.5. The van der Waals surface area contributed by atoms with Crippen molar-refractivity contribution in [2.75, 3.05) is 31.1 Å². The Morgan fingerprint density at radius 1 is 1.04 bits per heavy atom. The first kappa shape index (κ1) is 19.0. The van der Waals surface area contributed by atoms with Gasteiger partial charge in [-0.1, -0.05) is 48.7 Å². The summed E-state index contributed by atoms with van der Waals surface area (Å²) in [5, 5.41) is 10.4. The van der Waals surface area contributed by atoms with Crippen LogP contribution in [-0.4, -0.2) is 31.1 Å². The Labute approximate surface area is 165 Å². The van der Waals surface area contributed by atoms with Crippen LogP contribution in [0.2, 0.25) is 10.0 Å². The lowest BCUT2D eigenvalue weighted by molar-refractivity contribution is 0.176. The van der Waals surface area contributed by atoms with Gasteiger partial charge in [0.25, 0.3) is 0 Å². The maximum Gasteiger partial charge on any atom is 0.0991 e. The van der Waals surface area contributed by atoms with E-state index < -0.39 is 0 Å². The Morgan fingerprint density at radius 2 is 1.73 bits per heavy atom. The quantitative estimate of drug-likeness (QED) is 0.675. The predicted octanol–water partition coefficient (Wildman–Crippen LogP) is 5.53. The van der Waals surface area contributed by atoms with Crippen LogP contribution in [0.25, 0.3) is 0 Å². The first-order chi connectivity index (χ1) is 12.6. The molecule has 136 valence electrons. The second-order valence-corrected chi connectivity index (χ2v) is 7.50. The molecule has 5 heteroatoms. The summed E-state index contributed by atoms with van der Waals surface area (Å²) in [5.74, 6) is 0. The topological polar surface area (TPSA) is 30.3 Å². The van der Waals surface area contributed by atoms with Gasteiger partial charge in [0.05, 0.1) is 22.3 Å². The molecule has 0 spiro atoms. The Kier molecular flexibility index (Phi) is 6.43. The van der Waals surface area contributed by atoms with Gasteiger partial charge >= 0.3 is 0 Å². The lowest BCUT2D eigenvalue weighted by Gasteiger charge is -2.40. The molecule has 0 aliphatic carbocycles. The lowest BCUT2D eigenvalue weighted by atomic mass is 9.98. The van der Waals surface area contributed by atoms with E-state index >= 15 is 0 Å². The summed E-state index contributed by atoms with van der Waals surface area (Å²) in [6.07, 6.45) is 2.25. The number of nitrogens with zero attached hydrogens (tertiary/aromatic N) is 3. The van der Waals surface area contributed by atoms with Gasteiger partial charge < -0.3 is 4.90 Å². The van der Waals surface area contributed by atoms with E-state index in [0.29, 0.717) is 21.7 Å². The highest BCUT2D eigenvalue weighted by Gasteiger charge is 2.25. The number of piperazine rings is 1. The number of halogens is 2. The van der Waals surface area contributed by atoms with Gasteiger partial charge in [-0.25, -0.2) is 0 Å². The molecule has 0 saturated carbocycles. The molecule has 2 aromatic carbocycles. The Bertz CT molecular complexity index is 775. The fraction of sp³-hybridized carbons (Fsp3) is 0.381. The van der Waals surface area contributed by atoms with Crippen molar-refractivity contribution in [3.63, 3.8) is 0 Å². The minimum absolute atomic E-state index is 0.399. The van der Waals surface area contributed by atoms with Gasteiger partial charge in [0.1, 0.15) is 0 Å². The SMILES string of the molecule is CCCC(c1ccc(C#N)cc1)N1CCN(c2ccc(Cl)cc2Cl)CC1. The summed E-state index contributed by atoms with van der Waals surface area (Å²) < 4.78 is 0. The second kappa shape index (κ2) is 8.77. The zero-order valence-corrected chi connectivity index (χ0v) is 16.5. The van der Waals surface area contributed by atoms with Crippen LogP contribution in [-0.2, 0) is 0 Å². The maximum atomic E-state index is 9.01. The van der Waals surface area contributed by atoms with Gasteiger partial charge in [0.15, 0.2) is 0 Å². The lowest BCUT2D eigenvalue weighted by Crippen LogP contribution is -2.47. The van der Waals surface area contributed by atoms with Crippen molar-refractivity contribution in [2.24, 2.45) is 0 Å². The summed E-state index contributed by atoms with van der Waals surface area (Å²) in [4.78, 5) is 4.88. The molecular weight excluding hydrogens is 365 g/mol. The average molecular weight is 388 g/mol. The Morgan fingerprint density at radius 3 is 2.31 bits per heavy atom. The molecule has 0 N–H and O–H groups in total.